The van der Waals surface area contributed by atoms with E-state index in [1.165, 1.54) is 9.96 Å². The zero-order chi connectivity index (χ0) is 19.6. The van der Waals surface area contributed by atoms with Crippen molar-refractivity contribution in [3.8, 4) is 5.75 Å². The standard InChI is InChI=1S/C20H27N5O2/c1-13(6-7-14-8-10-15(27-5)11-9-14)21-17-18-23-24-19(26)25(18)12-16(22-17)20(2,3)4/h8-13H,6-7H2,1-5H3,(H,21,22)(H,24,26). The first kappa shape index (κ1) is 18.9. The Labute approximate surface area is 158 Å². The molecule has 0 radical (unpaired) electrons. The lowest BCUT2D eigenvalue weighted by molar-refractivity contribution is 0.414. The molecule has 0 aliphatic heterocycles. The van der Waals surface area contributed by atoms with Crippen LogP contribution in [-0.4, -0.2) is 32.7 Å². The van der Waals surface area contributed by atoms with Gasteiger partial charge in [-0.3, -0.25) is 0 Å². The highest BCUT2D eigenvalue weighted by molar-refractivity contribution is 5.62. The van der Waals surface area contributed by atoms with Crippen LogP contribution in [0, 0.1) is 0 Å². The zero-order valence-corrected chi connectivity index (χ0v) is 16.5. The summed E-state index contributed by atoms with van der Waals surface area (Å²) in [6.07, 6.45) is 3.61. The van der Waals surface area contributed by atoms with Gasteiger partial charge in [0, 0.05) is 17.7 Å². The van der Waals surface area contributed by atoms with Crippen LogP contribution in [0.4, 0.5) is 5.82 Å². The maximum atomic E-state index is 12.0. The number of H-pyrrole nitrogens is 1. The number of fused-ring (bicyclic) bond motifs is 1. The first-order valence-corrected chi connectivity index (χ1v) is 9.15. The van der Waals surface area contributed by atoms with E-state index in [0.717, 1.165) is 24.3 Å². The van der Waals surface area contributed by atoms with Gasteiger partial charge >= 0.3 is 5.69 Å². The van der Waals surface area contributed by atoms with Crippen LogP contribution in [0.3, 0.4) is 0 Å². The molecule has 3 aromatic rings. The number of anilines is 1. The molecule has 1 aromatic carbocycles. The molecule has 2 N–H and O–H groups in total. The minimum atomic E-state index is -0.258. The van der Waals surface area contributed by atoms with Gasteiger partial charge < -0.3 is 10.1 Å². The number of aromatic amines is 1. The number of aryl methyl sites for hydroxylation is 1. The Balaban J connectivity index is 1.77. The minimum absolute atomic E-state index is 0.172. The summed E-state index contributed by atoms with van der Waals surface area (Å²) in [5, 5.41) is 10.0. The molecule has 0 fully saturated rings. The number of hydrogen-bond donors (Lipinski definition) is 2. The third kappa shape index (κ3) is 4.30. The summed E-state index contributed by atoms with van der Waals surface area (Å²) in [4.78, 5) is 16.8. The highest BCUT2D eigenvalue weighted by atomic mass is 16.5. The van der Waals surface area contributed by atoms with Crippen molar-refractivity contribution in [3.63, 3.8) is 0 Å². The van der Waals surface area contributed by atoms with Crippen LogP contribution in [0.25, 0.3) is 5.65 Å². The van der Waals surface area contributed by atoms with Crippen molar-refractivity contribution in [1.29, 1.82) is 0 Å². The fraction of sp³-hybridized carbons (Fsp3) is 0.450. The van der Waals surface area contributed by atoms with Crippen molar-refractivity contribution in [2.75, 3.05) is 12.4 Å². The Kier molecular flexibility index (Phi) is 5.21. The molecule has 0 aliphatic rings. The van der Waals surface area contributed by atoms with Gasteiger partial charge in [-0.2, -0.15) is 0 Å². The number of rotatable bonds is 6. The van der Waals surface area contributed by atoms with Crippen LogP contribution in [0.2, 0.25) is 0 Å². The number of aromatic nitrogens is 4. The molecular weight excluding hydrogens is 342 g/mol. The summed E-state index contributed by atoms with van der Waals surface area (Å²) in [6, 6.07) is 8.28. The molecule has 0 saturated heterocycles. The Bertz CT molecular complexity index is 967. The lowest BCUT2D eigenvalue weighted by atomic mass is 9.93. The van der Waals surface area contributed by atoms with Crippen LogP contribution in [0.15, 0.2) is 35.3 Å². The molecule has 2 heterocycles. The smallest absolute Gasteiger partial charge is 0.347 e. The van der Waals surface area contributed by atoms with E-state index in [1.807, 2.05) is 12.1 Å². The lowest BCUT2D eigenvalue weighted by Gasteiger charge is -2.21. The topological polar surface area (TPSA) is 84.3 Å². The Morgan fingerprint density at radius 2 is 1.96 bits per heavy atom. The number of nitrogens with zero attached hydrogens (tertiary/aromatic N) is 3. The largest absolute Gasteiger partial charge is 0.497 e. The third-order valence-corrected chi connectivity index (χ3v) is 4.58. The molecule has 0 amide bonds. The molecule has 144 valence electrons. The van der Waals surface area contributed by atoms with Gasteiger partial charge in [0.15, 0.2) is 5.82 Å². The van der Waals surface area contributed by atoms with Crippen LogP contribution in [0.1, 0.15) is 45.4 Å². The van der Waals surface area contributed by atoms with Gasteiger partial charge in [0.2, 0.25) is 5.65 Å². The van der Waals surface area contributed by atoms with Crippen LogP contribution < -0.4 is 15.7 Å². The van der Waals surface area contributed by atoms with E-state index < -0.39 is 0 Å². The zero-order valence-electron chi connectivity index (χ0n) is 16.5. The molecule has 1 unspecified atom stereocenters. The predicted molar refractivity (Wildman–Crippen MR) is 107 cm³/mol. The van der Waals surface area contributed by atoms with Gasteiger partial charge in [0.1, 0.15) is 5.75 Å². The molecular formula is C20H27N5O2. The fourth-order valence-corrected chi connectivity index (χ4v) is 2.85. The molecule has 0 bridgehead atoms. The first-order chi connectivity index (χ1) is 12.8. The molecule has 0 aliphatic carbocycles. The number of methoxy groups -OCH3 is 1. The van der Waals surface area contributed by atoms with E-state index in [0.29, 0.717) is 11.5 Å². The predicted octanol–water partition coefficient (Wildman–Crippen LogP) is 3.16. The van der Waals surface area contributed by atoms with Gasteiger partial charge in [-0.05, 0) is 37.5 Å². The highest BCUT2D eigenvalue weighted by Gasteiger charge is 2.20. The second-order valence-corrected chi connectivity index (χ2v) is 7.88. The van der Waals surface area contributed by atoms with Gasteiger partial charge in [0.05, 0.1) is 12.8 Å². The minimum Gasteiger partial charge on any atom is -0.497 e. The first-order valence-electron chi connectivity index (χ1n) is 9.15. The summed E-state index contributed by atoms with van der Waals surface area (Å²) in [6.45, 7) is 8.33. The molecule has 3 rings (SSSR count). The number of hydrogen-bond acceptors (Lipinski definition) is 5. The van der Waals surface area contributed by atoms with Gasteiger partial charge in [-0.25, -0.2) is 19.3 Å². The monoisotopic (exact) mass is 369 g/mol. The van der Waals surface area contributed by atoms with E-state index in [-0.39, 0.29) is 17.1 Å². The Morgan fingerprint density at radius 1 is 1.26 bits per heavy atom. The molecule has 0 saturated carbocycles. The normalized spacial score (nSPS) is 12.9. The van der Waals surface area contributed by atoms with Crippen LogP contribution >= 0.6 is 0 Å². The van der Waals surface area contributed by atoms with E-state index in [2.05, 4.69) is 55.3 Å². The number of nitrogens with one attached hydrogen (secondary N) is 2. The maximum Gasteiger partial charge on any atom is 0.347 e. The average Bonchev–Trinajstić information content (AvgIpc) is 3.01. The molecule has 7 nitrogen and oxygen atoms in total. The van der Waals surface area contributed by atoms with Crippen molar-refractivity contribution in [3.05, 3.63) is 52.2 Å². The summed E-state index contributed by atoms with van der Waals surface area (Å²) >= 11 is 0. The molecule has 27 heavy (non-hydrogen) atoms. The van der Waals surface area contributed by atoms with E-state index in [1.54, 1.807) is 13.3 Å². The summed E-state index contributed by atoms with van der Waals surface area (Å²) in [5.74, 6) is 1.49. The van der Waals surface area contributed by atoms with Crippen molar-refractivity contribution in [2.45, 2.75) is 52.0 Å². The summed E-state index contributed by atoms with van der Waals surface area (Å²) in [5.41, 5.74) is 2.18. The van der Waals surface area contributed by atoms with Gasteiger partial charge in [-0.1, -0.05) is 32.9 Å². The van der Waals surface area contributed by atoms with Crippen molar-refractivity contribution < 1.29 is 4.74 Å². The Hall–Kier alpha value is -2.83. The maximum absolute atomic E-state index is 12.0. The quantitative estimate of drug-likeness (QED) is 0.697. The second kappa shape index (κ2) is 7.42. The second-order valence-electron chi connectivity index (χ2n) is 7.88. The van der Waals surface area contributed by atoms with Crippen LogP contribution in [0.5, 0.6) is 5.75 Å². The number of ether oxygens (including phenoxy) is 1. The fourth-order valence-electron chi connectivity index (χ4n) is 2.85. The highest BCUT2D eigenvalue weighted by Crippen LogP contribution is 2.23. The van der Waals surface area contributed by atoms with Crippen molar-refractivity contribution in [1.82, 2.24) is 19.6 Å². The SMILES string of the molecule is COc1ccc(CCC(C)Nc2nc(C(C)(C)C)cn3c(=O)[nH]nc23)cc1. The van der Waals surface area contributed by atoms with Crippen molar-refractivity contribution in [2.24, 2.45) is 0 Å². The summed E-state index contributed by atoms with van der Waals surface area (Å²) < 4.78 is 6.72. The third-order valence-electron chi connectivity index (χ3n) is 4.58. The van der Waals surface area contributed by atoms with Gasteiger partial charge in [-0.15, -0.1) is 5.10 Å². The van der Waals surface area contributed by atoms with E-state index >= 15 is 0 Å². The lowest BCUT2D eigenvalue weighted by Crippen LogP contribution is -2.22. The molecule has 1 atom stereocenters. The van der Waals surface area contributed by atoms with Gasteiger partial charge in [0.25, 0.3) is 0 Å². The molecule has 7 heteroatoms. The van der Waals surface area contributed by atoms with Crippen molar-refractivity contribution >= 4 is 11.5 Å². The van der Waals surface area contributed by atoms with E-state index in [4.69, 9.17) is 9.72 Å². The number of benzene rings is 1. The molecule has 2 aromatic heterocycles. The van der Waals surface area contributed by atoms with Crippen LogP contribution in [-0.2, 0) is 11.8 Å². The van der Waals surface area contributed by atoms with E-state index in [9.17, 15) is 4.79 Å². The summed E-state index contributed by atoms with van der Waals surface area (Å²) in [7, 11) is 1.67. The molecule has 0 spiro atoms. The Morgan fingerprint density at radius 3 is 2.59 bits per heavy atom. The average molecular weight is 369 g/mol.